The maximum atomic E-state index is 11.3. The molecule has 0 fully saturated rings. The Morgan fingerprint density at radius 3 is 0.823 bits per heavy atom. The van der Waals surface area contributed by atoms with E-state index >= 15 is 0 Å². The highest BCUT2D eigenvalue weighted by molar-refractivity contribution is 8.01. The molecule has 0 aromatic heterocycles. The van der Waals surface area contributed by atoms with Crippen molar-refractivity contribution in [3.8, 4) is 24.3 Å². The molecule has 0 saturated heterocycles. The van der Waals surface area contributed by atoms with Crippen LogP contribution < -0.4 is 8.61 Å². The molecule has 0 amide bonds. The Morgan fingerprint density at radius 1 is 0.371 bits per heavy atom. The lowest BCUT2D eigenvalue weighted by molar-refractivity contribution is 0.567. The molecule has 318 valence electrons. The van der Waals surface area contributed by atoms with Crippen LogP contribution in [-0.4, -0.2) is 0 Å². The van der Waals surface area contributed by atoms with Crippen molar-refractivity contribution in [2.45, 2.75) is 126 Å². The van der Waals surface area contributed by atoms with E-state index in [0.29, 0.717) is 32.5 Å². The SMILES string of the molecule is CC(C)(C)c1cc(N(Sc2ccc(Cl)cc2)C(C#N)(C#N)c2ccc(C(C#N)(C#N)N(Sc3ccc(Cl)cc3)c3cc(C(C)(C)C)cc(C(C)(C)C)c3)cc2)cc(C(C)(C)C)c1. The topological polar surface area (TPSA) is 102 Å². The first-order valence-electron chi connectivity index (χ1n) is 20.4. The molecule has 5 rings (SSSR count). The monoisotopic (exact) mass is 896 g/mol. The van der Waals surface area contributed by atoms with Gasteiger partial charge in [-0.1, -0.05) is 143 Å². The summed E-state index contributed by atoms with van der Waals surface area (Å²) >= 11 is 15.2. The van der Waals surface area contributed by atoms with Crippen LogP contribution in [-0.2, 0) is 32.7 Å². The minimum Gasteiger partial charge on any atom is -0.276 e. The Labute approximate surface area is 388 Å². The van der Waals surface area contributed by atoms with Crippen molar-refractivity contribution in [3.63, 3.8) is 0 Å². The van der Waals surface area contributed by atoms with Crippen LogP contribution in [0.2, 0.25) is 10.0 Å². The van der Waals surface area contributed by atoms with Crippen molar-refractivity contribution in [1.82, 2.24) is 0 Å². The van der Waals surface area contributed by atoms with E-state index in [4.69, 9.17) is 23.2 Å². The van der Waals surface area contributed by atoms with Gasteiger partial charge in [0.1, 0.15) is 24.3 Å². The number of nitriles is 4. The van der Waals surface area contributed by atoms with Crippen molar-refractivity contribution < 1.29 is 0 Å². The van der Waals surface area contributed by atoms with Crippen molar-refractivity contribution in [1.29, 1.82) is 21.0 Å². The predicted octanol–water partition coefficient (Wildman–Crippen LogP) is 15.1. The summed E-state index contributed by atoms with van der Waals surface area (Å²) in [6, 6.07) is 43.5. The molecular weight excluding hydrogens is 844 g/mol. The predicted molar refractivity (Wildman–Crippen MR) is 260 cm³/mol. The van der Waals surface area contributed by atoms with Gasteiger partial charge in [-0.2, -0.15) is 21.0 Å². The van der Waals surface area contributed by atoms with Crippen LogP contribution in [0.3, 0.4) is 0 Å². The summed E-state index contributed by atoms with van der Waals surface area (Å²) in [6.45, 7) is 25.7. The minimum atomic E-state index is -1.88. The summed E-state index contributed by atoms with van der Waals surface area (Å²) in [5.74, 6) is 0. The summed E-state index contributed by atoms with van der Waals surface area (Å²) < 4.78 is 3.54. The van der Waals surface area contributed by atoms with Crippen LogP contribution in [0.15, 0.2) is 119 Å². The Morgan fingerprint density at radius 2 is 0.613 bits per heavy atom. The normalized spacial score (nSPS) is 12.4. The third-order valence-electron chi connectivity index (χ3n) is 10.8. The highest BCUT2D eigenvalue weighted by atomic mass is 35.5. The lowest BCUT2D eigenvalue weighted by atomic mass is 9.80. The molecule has 6 nitrogen and oxygen atoms in total. The van der Waals surface area contributed by atoms with E-state index in [1.54, 1.807) is 57.1 Å². The van der Waals surface area contributed by atoms with Gasteiger partial charge in [0.2, 0.25) is 11.1 Å². The molecule has 0 spiro atoms. The standard InChI is InChI=1S/C52H54Cl2N6S2/c1-47(2,3)37-25-38(48(4,5)6)28-43(27-37)59(61-45-21-17-41(53)18-22-45)51(31-55,32-56)35-13-15-36(16-14-35)52(33-57,34-58)60(62-46-23-19-42(54)20-24-46)44-29-39(49(7,8)9)26-40(30-44)50(10,11)12/h13-30H,1-12H3. The van der Waals surface area contributed by atoms with Crippen LogP contribution in [0.4, 0.5) is 11.4 Å². The van der Waals surface area contributed by atoms with Crippen molar-refractivity contribution in [2.75, 3.05) is 8.61 Å². The Balaban J connectivity index is 1.77. The van der Waals surface area contributed by atoms with E-state index in [1.807, 2.05) is 24.3 Å². The average molecular weight is 898 g/mol. The number of benzene rings is 5. The van der Waals surface area contributed by atoms with E-state index in [0.717, 1.165) is 32.0 Å². The van der Waals surface area contributed by atoms with Crippen molar-refractivity contribution >= 4 is 58.5 Å². The molecule has 62 heavy (non-hydrogen) atoms. The number of halogens is 2. The third-order valence-corrected chi connectivity index (χ3v) is 13.6. The minimum absolute atomic E-state index is 0.246. The lowest BCUT2D eigenvalue weighted by Crippen LogP contribution is -2.42. The fourth-order valence-corrected chi connectivity index (χ4v) is 8.96. The second-order valence-electron chi connectivity index (χ2n) is 19.7. The average Bonchev–Trinajstić information content (AvgIpc) is 3.21. The molecule has 0 bridgehead atoms. The van der Waals surface area contributed by atoms with Gasteiger partial charge in [0, 0.05) is 31.0 Å². The van der Waals surface area contributed by atoms with Gasteiger partial charge in [-0.25, -0.2) is 0 Å². The van der Waals surface area contributed by atoms with E-state index in [9.17, 15) is 21.0 Å². The van der Waals surface area contributed by atoms with Crippen molar-refractivity contribution in [2.24, 2.45) is 0 Å². The van der Waals surface area contributed by atoms with E-state index in [-0.39, 0.29) is 21.7 Å². The molecule has 0 saturated carbocycles. The highest BCUT2D eigenvalue weighted by Gasteiger charge is 2.45. The van der Waals surface area contributed by atoms with Crippen LogP contribution in [0, 0.1) is 45.3 Å². The van der Waals surface area contributed by atoms with Gasteiger partial charge in [0.25, 0.3) is 0 Å². The molecule has 0 atom stereocenters. The molecular formula is C52H54Cl2N6S2. The molecule has 0 unspecified atom stereocenters. The molecule has 0 aliphatic heterocycles. The summed E-state index contributed by atoms with van der Waals surface area (Å²) in [6.07, 6.45) is 0. The zero-order valence-electron chi connectivity index (χ0n) is 37.6. The van der Waals surface area contributed by atoms with Crippen LogP contribution in [0.25, 0.3) is 0 Å². The Hall–Kier alpha value is -5.06. The van der Waals surface area contributed by atoms with Gasteiger partial charge in [0.15, 0.2) is 0 Å². The molecule has 0 aliphatic carbocycles. The van der Waals surface area contributed by atoms with Gasteiger partial charge < -0.3 is 0 Å². The molecule has 5 aromatic carbocycles. The van der Waals surface area contributed by atoms with Crippen LogP contribution >= 0.6 is 47.1 Å². The first-order valence-corrected chi connectivity index (χ1v) is 22.7. The largest absolute Gasteiger partial charge is 0.276 e. The number of anilines is 2. The molecule has 0 N–H and O–H groups in total. The molecule has 0 heterocycles. The van der Waals surface area contributed by atoms with Gasteiger partial charge >= 0.3 is 0 Å². The van der Waals surface area contributed by atoms with Crippen molar-refractivity contribution in [3.05, 3.63) is 153 Å². The third kappa shape index (κ3) is 10.2. The summed E-state index contributed by atoms with van der Waals surface area (Å²) in [5.41, 5.74) is 1.58. The van der Waals surface area contributed by atoms with Gasteiger partial charge in [-0.3, -0.25) is 8.61 Å². The number of hydrogen-bond acceptors (Lipinski definition) is 8. The lowest BCUT2D eigenvalue weighted by Gasteiger charge is -2.38. The zero-order valence-corrected chi connectivity index (χ0v) is 40.8. The van der Waals surface area contributed by atoms with Gasteiger partial charge in [-0.05, 0) is 141 Å². The fourth-order valence-electron chi connectivity index (χ4n) is 6.70. The summed E-state index contributed by atoms with van der Waals surface area (Å²) in [4.78, 5) is 1.55. The van der Waals surface area contributed by atoms with E-state index < -0.39 is 11.1 Å². The van der Waals surface area contributed by atoms with E-state index in [1.165, 1.54) is 23.9 Å². The first-order chi connectivity index (χ1) is 28.8. The second kappa shape index (κ2) is 18.0. The maximum Gasteiger partial charge on any atom is 0.250 e. The summed E-state index contributed by atoms with van der Waals surface area (Å²) in [7, 11) is 0. The molecule has 0 aliphatic rings. The quantitative estimate of drug-likeness (QED) is 0.128. The Kier molecular flexibility index (Phi) is 13.9. The second-order valence-corrected chi connectivity index (χ2v) is 22.6. The van der Waals surface area contributed by atoms with Gasteiger partial charge in [-0.15, -0.1) is 0 Å². The summed E-state index contributed by atoms with van der Waals surface area (Å²) in [5, 5.41) is 46.3. The smallest absolute Gasteiger partial charge is 0.250 e. The van der Waals surface area contributed by atoms with Crippen LogP contribution in [0.1, 0.15) is 116 Å². The maximum absolute atomic E-state index is 11.3. The number of rotatable bonds is 10. The molecule has 0 radical (unpaired) electrons. The van der Waals surface area contributed by atoms with Gasteiger partial charge in [0.05, 0.1) is 11.4 Å². The Bertz CT molecular complexity index is 2310. The first kappa shape index (κ1) is 48.0. The number of nitrogens with zero attached hydrogens (tertiary/aromatic N) is 6. The number of hydrogen-bond donors (Lipinski definition) is 0. The highest BCUT2D eigenvalue weighted by Crippen LogP contribution is 2.47. The van der Waals surface area contributed by atoms with E-state index in [2.05, 4.69) is 144 Å². The zero-order chi connectivity index (χ0) is 46.1. The molecule has 5 aromatic rings. The fraction of sp³-hybridized carbons (Fsp3) is 0.346. The molecule has 10 heteroatoms. The van der Waals surface area contributed by atoms with Crippen LogP contribution in [0.5, 0.6) is 0 Å².